The van der Waals surface area contributed by atoms with Gasteiger partial charge in [-0.1, -0.05) is 39.0 Å². The fourth-order valence-corrected chi connectivity index (χ4v) is 3.55. The van der Waals surface area contributed by atoms with Crippen LogP contribution in [0.4, 0.5) is 5.82 Å². The maximum atomic E-state index is 12.8. The number of anilines is 1. The van der Waals surface area contributed by atoms with Gasteiger partial charge in [-0.05, 0) is 35.6 Å². The van der Waals surface area contributed by atoms with Crippen LogP contribution in [-0.2, 0) is 22.7 Å². The van der Waals surface area contributed by atoms with Gasteiger partial charge in [0, 0.05) is 43.5 Å². The fourth-order valence-electron chi connectivity index (χ4n) is 3.55. The van der Waals surface area contributed by atoms with Gasteiger partial charge < -0.3 is 20.3 Å². The van der Waals surface area contributed by atoms with E-state index in [1.807, 2.05) is 18.2 Å². The van der Waals surface area contributed by atoms with Gasteiger partial charge in [0.15, 0.2) is 0 Å². The number of rotatable bonds is 8. The van der Waals surface area contributed by atoms with Crippen molar-refractivity contribution in [3.63, 3.8) is 0 Å². The van der Waals surface area contributed by atoms with E-state index in [9.17, 15) is 9.59 Å². The van der Waals surface area contributed by atoms with Crippen molar-refractivity contribution in [2.75, 3.05) is 25.5 Å². The molecule has 2 amide bonds. The fraction of sp³-hybridized carbons (Fsp3) is 0.400. The largest absolute Gasteiger partial charge is 0.493 e. The number of amides is 2. The third kappa shape index (κ3) is 5.95. The number of para-hydroxylation sites is 1. The van der Waals surface area contributed by atoms with Crippen LogP contribution in [0.5, 0.6) is 5.75 Å². The lowest BCUT2D eigenvalue weighted by atomic mass is 9.98. The van der Waals surface area contributed by atoms with Gasteiger partial charge in [-0.3, -0.25) is 9.59 Å². The van der Waals surface area contributed by atoms with Gasteiger partial charge in [0.05, 0.1) is 13.2 Å². The monoisotopic (exact) mass is 436 g/mol. The number of hydrogen-bond donors (Lipinski definition) is 2. The molecule has 170 valence electrons. The summed E-state index contributed by atoms with van der Waals surface area (Å²) in [6.07, 6.45) is 5.87. The molecule has 0 bridgehead atoms. The molecule has 0 radical (unpaired) electrons. The van der Waals surface area contributed by atoms with E-state index < -0.39 is 0 Å². The molecular formula is C25H32N4O3. The number of pyridine rings is 1. The molecule has 32 heavy (non-hydrogen) atoms. The van der Waals surface area contributed by atoms with Crippen LogP contribution in [0.15, 0.2) is 36.5 Å². The van der Waals surface area contributed by atoms with Crippen molar-refractivity contribution >= 4 is 23.7 Å². The average molecular weight is 437 g/mol. The van der Waals surface area contributed by atoms with Crippen LogP contribution in [0.25, 0.3) is 6.08 Å². The zero-order chi connectivity index (χ0) is 23.1. The Bertz CT molecular complexity index is 1000. The zero-order valence-corrected chi connectivity index (χ0v) is 19.3. The normalized spacial score (nSPS) is 13.6. The number of hydrogen-bond acceptors (Lipinski definition) is 5. The summed E-state index contributed by atoms with van der Waals surface area (Å²) in [6.45, 7) is 8.28. The van der Waals surface area contributed by atoms with E-state index in [0.29, 0.717) is 31.4 Å². The second-order valence-corrected chi connectivity index (χ2v) is 8.29. The number of aromatic nitrogens is 1. The summed E-state index contributed by atoms with van der Waals surface area (Å²) in [4.78, 5) is 30.4. The second-order valence-electron chi connectivity index (χ2n) is 8.29. The third-order valence-electron chi connectivity index (χ3n) is 5.25. The molecule has 0 aliphatic carbocycles. The molecule has 0 saturated heterocycles. The highest BCUT2D eigenvalue weighted by molar-refractivity contribution is 5.93. The van der Waals surface area contributed by atoms with Crippen LogP contribution in [0.3, 0.4) is 0 Å². The Kier molecular flexibility index (Phi) is 8.00. The summed E-state index contributed by atoms with van der Waals surface area (Å²) in [5.74, 6) is 1.56. The molecule has 1 aliphatic heterocycles. The Balaban J connectivity index is 1.71. The number of nitrogens with zero attached hydrogens (tertiary/aromatic N) is 2. The van der Waals surface area contributed by atoms with Gasteiger partial charge in [0.25, 0.3) is 0 Å². The Morgan fingerprint density at radius 3 is 2.88 bits per heavy atom. The molecule has 0 spiro atoms. The van der Waals surface area contributed by atoms with E-state index >= 15 is 0 Å². The number of fused-ring (bicyclic) bond motifs is 1. The molecule has 3 rings (SSSR count). The highest BCUT2D eigenvalue weighted by atomic mass is 16.5. The molecular weight excluding hydrogens is 404 g/mol. The van der Waals surface area contributed by atoms with E-state index in [4.69, 9.17) is 4.74 Å². The van der Waals surface area contributed by atoms with Crippen molar-refractivity contribution in [1.29, 1.82) is 0 Å². The molecule has 2 heterocycles. The quantitative estimate of drug-likeness (QED) is 0.617. The Labute approximate surface area is 189 Å². The third-order valence-corrected chi connectivity index (χ3v) is 5.25. The summed E-state index contributed by atoms with van der Waals surface area (Å²) in [7, 11) is 1.78. The summed E-state index contributed by atoms with van der Waals surface area (Å²) < 4.78 is 6.06. The van der Waals surface area contributed by atoms with Gasteiger partial charge in [-0.15, -0.1) is 0 Å². The summed E-state index contributed by atoms with van der Waals surface area (Å²) >= 11 is 0. The molecule has 2 aromatic rings. The second kappa shape index (κ2) is 10.9. The van der Waals surface area contributed by atoms with E-state index in [-0.39, 0.29) is 18.4 Å². The zero-order valence-electron chi connectivity index (χ0n) is 19.3. The number of carbonyl (C=O) groups excluding carboxylic acids is 2. The van der Waals surface area contributed by atoms with Crippen molar-refractivity contribution in [1.82, 2.24) is 15.2 Å². The van der Waals surface area contributed by atoms with Crippen molar-refractivity contribution < 1.29 is 14.3 Å². The van der Waals surface area contributed by atoms with Gasteiger partial charge in [0.1, 0.15) is 11.6 Å². The number of likely N-dealkylation sites (N-methyl/N-ethyl adjacent to an activating group) is 1. The first kappa shape index (κ1) is 23.5. The van der Waals surface area contributed by atoms with Gasteiger partial charge in [-0.2, -0.15) is 0 Å². The lowest BCUT2D eigenvalue weighted by molar-refractivity contribution is -0.125. The first-order valence-corrected chi connectivity index (χ1v) is 11.1. The summed E-state index contributed by atoms with van der Waals surface area (Å²) in [6, 6.07) is 8.05. The van der Waals surface area contributed by atoms with Crippen molar-refractivity contribution in [2.45, 2.75) is 46.2 Å². The molecule has 0 fully saturated rings. The average Bonchev–Trinajstić information content (AvgIpc) is 2.96. The molecule has 1 aliphatic rings. The molecule has 1 aromatic heterocycles. The standard InChI is InChI=1S/C25H32N4O3/c1-5-11-32-24-19(7-6-8-21(24)17(2)3)16-29(4)23(31)10-9-18-12-20-14-26-15-22(30)28-25(20)27-13-18/h6-10,12-13,17,26H,5,11,14-16H2,1-4H3,(H,27,28,30). The van der Waals surface area contributed by atoms with Crippen LogP contribution in [0.1, 0.15) is 55.4 Å². The smallest absolute Gasteiger partial charge is 0.246 e. The molecule has 0 unspecified atom stereocenters. The van der Waals surface area contributed by atoms with E-state index in [2.05, 4.69) is 42.5 Å². The van der Waals surface area contributed by atoms with Gasteiger partial charge in [-0.25, -0.2) is 4.98 Å². The molecule has 2 N–H and O–H groups in total. The minimum atomic E-state index is -0.111. The minimum absolute atomic E-state index is 0.109. The van der Waals surface area contributed by atoms with Crippen LogP contribution in [-0.4, -0.2) is 41.9 Å². The molecule has 0 saturated carbocycles. The number of benzene rings is 1. The summed E-state index contributed by atoms with van der Waals surface area (Å²) in [5.41, 5.74) is 3.85. The first-order valence-electron chi connectivity index (χ1n) is 11.1. The van der Waals surface area contributed by atoms with Gasteiger partial charge >= 0.3 is 0 Å². The van der Waals surface area contributed by atoms with Crippen LogP contribution < -0.4 is 15.4 Å². The Morgan fingerprint density at radius 1 is 1.31 bits per heavy atom. The highest BCUT2D eigenvalue weighted by Crippen LogP contribution is 2.31. The molecule has 7 nitrogen and oxygen atoms in total. The SMILES string of the molecule is CCCOc1c(CN(C)C(=O)C=Cc2cnc3c(c2)CNCC(=O)N3)cccc1C(C)C. The summed E-state index contributed by atoms with van der Waals surface area (Å²) in [5, 5.41) is 5.83. The van der Waals surface area contributed by atoms with Gasteiger partial charge in [0.2, 0.25) is 11.8 Å². The minimum Gasteiger partial charge on any atom is -0.493 e. The van der Waals surface area contributed by atoms with Crippen molar-refractivity contribution in [3.05, 3.63) is 58.8 Å². The van der Waals surface area contributed by atoms with E-state index in [1.165, 1.54) is 0 Å². The predicted molar refractivity (Wildman–Crippen MR) is 126 cm³/mol. The number of ether oxygens (including phenoxy) is 1. The van der Waals surface area contributed by atoms with Crippen molar-refractivity contribution in [2.24, 2.45) is 0 Å². The first-order chi connectivity index (χ1) is 15.4. The van der Waals surface area contributed by atoms with Crippen molar-refractivity contribution in [3.8, 4) is 5.75 Å². The van der Waals surface area contributed by atoms with Crippen LogP contribution in [0, 0.1) is 0 Å². The maximum absolute atomic E-state index is 12.8. The molecule has 1 aromatic carbocycles. The van der Waals surface area contributed by atoms with Crippen LogP contribution in [0.2, 0.25) is 0 Å². The maximum Gasteiger partial charge on any atom is 0.246 e. The van der Waals surface area contributed by atoms with E-state index in [0.717, 1.165) is 34.4 Å². The molecule has 7 heteroatoms. The number of nitrogens with one attached hydrogen (secondary N) is 2. The van der Waals surface area contributed by atoms with E-state index in [1.54, 1.807) is 30.3 Å². The lowest BCUT2D eigenvalue weighted by Crippen LogP contribution is -2.24. The predicted octanol–water partition coefficient (Wildman–Crippen LogP) is 3.71. The lowest BCUT2D eigenvalue weighted by Gasteiger charge is -2.21. The highest BCUT2D eigenvalue weighted by Gasteiger charge is 2.16. The topological polar surface area (TPSA) is 83.6 Å². The Hall–Kier alpha value is -3.19. The Morgan fingerprint density at radius 2 is 2.12 bits per heavy atom. The van der Waals surface area contributed by atoms with Crippen LogP contribution >= 0.6 is 0 Å². The molecule has 0 atom stereocenters. The number of carbonyl (C=O) groups is 2.